The summed E-state index contributed by atoms with van der Waals surface area (Å²) in [5, 5.41) is 1.75. The summed E-state index contributed by atoms with van der Waals surface area (Å²) in [5.41, 5.74) is 0. The van der Waals surface area contributed by atoms with E-state index in [0.717, 1.165) is 23.7 Å². The molecule has 0 fully saturated rings. The minimum Gasteiger partial charge on any atom is -0.378 e. The zero-order chi connectivity index (χ0) is 15.1. The zero-order valence-corrected chi connectivity index (χ0v) is 13.5. The van der Waals surface area contributed by atoms with Crippen LogP contribution in [0.15, 0.2) is 72.7 Å². The summed E-state index contributed by atoms with van der Waals surface area (Å²) in [6, 6.07) is 19.4. The van der Waals surface area contributed by atoms with Crippen LogP contribution in [0.4, 0.5) is 0 Å². The number of hydrogen-bond donors (Lipinski definition) is 0. The van der Waals surface area contributed by atoms with Gasteiger partial charge in [0.15, 0.2) is 7.14 Å². The summed E-state index contributed by atoms with van der Waals surface area (Å²) in [6.45, 7) is 6.03. The fourth-order valence-electron chi connectivity index (χ4n) is 2.24. The van der Waals surface area contributed by atoms with Gasteiger partial charge >= 0.3 is 0 Å². The van der Waals surface area contributed by atoms with E-state index in [4.69, 9.17) is 0 Å². The topological polar surface area (TPSA) is 20.3 Å². The molecule has 2 aromatic rings. The van der Waals surface area contributed by atoms with E-state index in [2.05, 4.69) is 18.7 Å². The molecule has 110 valence electrons. The first-order valence-corrected chi connectivity index (χ1v) is 9.12. The molecule has 3 heteroatoms. The van der Waals surface area contributed by atoms with Gasteiger partial charge in [0, 0.05) is 29.9 Å². The van der Waals surface area contributed by atoms with Crippen LogP contribution < -0.4 is 10.6 Å². The normalized spacial score (nSPS) is 11.7. The van der Waals surface area contributed by atoms with Crippen LogP contribution in [0.5, 0.6) is 0 Å². The summed E-state index contributed by atoms with van der Waals surface area (Å²) in [4.78, 5) is 2.15. The number of benzene rings is 2. The fraction of sp³-hybridized carbons (Fsp3) is 0.222. The second-order valence-corrected chi connectivity index (χ2v) is 7.50. The lowest BCUT2D eigenvalue weighted by Crippen LogP contribution is -2.18. The monoisotopic (exact) mass is 299 g/mol. The first-order valence-electron chi connectivity index (χ1n) is 7.35. The molecule has 0 heterocycles. The van der Waals surface area contributed by atoms with Crippen molar-refractivity contribution in [2.75, 3.05) is 13.1 Å². The molecule has 0 aliphatic carbocycles. The molecule has 0 aromatic heterocycles. The minimum absolute atomic E-state index is 0.875. The maximum atomic E-state index is 13.6. The summed E-state index contributed by atoms with van der Waals surface area (Å²) in [7, 11) is -2.73. The van der Waals surface area contributed by atoms with E-state index < -0.39 is 7.14 Å². The third-order valence-electron chi connectivity index (χ3n) is 3.58. The standard InChI is InChI=1S/C18H22NOP/c1-3-19(4-2)15-16-21(20,17-11-7-5-8-12-17)18-13-9-6-10-14-18/h5-16H,3-4H2,1-2H3/b16-15+. The summed E-state index contributed by atoms with van der Waals surface area (Å²) in [6.07, 6.45) is 1.97. The first-order chi connectivity index (χ1) is 10.2. The Kier molecular flexibility index (Phi) is 5.41. The molecule has 2 nitrogen and oxygen atoms in total. The Morgan fingerprint density at radius 2 is 1.29 bits per heavy atom. The van der Waals surface area contributed by atoms with Crippen LogP contribution in [0.2, 0.25) is 0 Å². The predicted molar refractivity (Wildman–Crippen MR) is 91.8 cm³/mol. The molecule has 0 spiro atoms. The van der Waals surface area contributed by atoms with Gasteiger partial charge in [-0.2, -0.15) is 0 Å². The van der Waals surface area contributed by atoms with Gasteiger partial charge in [0.2, 0.25) is 0 Å². The van der Waals surface area contributed by atoms with Crippen LogP contribution in [-0.2, 0) is 4.57 Å². The van der Waals surface area contributed by atoms with Crippen LogP contribution in [-0.4, -0.2) is 18.0 Å². The van der Waals surface area contributed by atoms with Crippen molar-refractivity contribution in [1.29, 1.82) is 0 Å². The molecule has 0 aliphatic rings. The maximum Gasteiger partial charge on any atom is 0.165 e. The quantitative estimate of drug-likeness (QED) is 0.756. The second-order valence-electron chi connectivity index (χ2n) is 4.85. The SMILES string of the molecule is CCN(/C=C/P(=O)(c1ccccc1)c1ccccc1)CC. The van der Waals surface area contributed by atoms with Gasteiger partial charge in [0.1, 0.15) is 0 Å². The van der Waals surface area contributed by atoms with E-state index in [9.17, 15) is 4.57 Å². The van der Waals surface area contributed by atoms with E-state index in [1.165, 1.54) is 0 Å². The highest BCUT2D eigenvalue weighted by atomic mass is 31.2. The van der Waals surface area contributed by atoms with Crippen molar-refractivity contribution in [3.63, 3.8) is 0 Å². The van der Waals surface area contributed by atoms with Gasteiger partial charge < -0.3 is 9.46 Å². The number of hydrogen-bond acceptors (Lipinski definition) is 2. The van der Waals surface area contributed by atoms with Crippen molar-refractivity contribution in [1.82, 2.24) is 4.90 Å². The Bertz CT molecular complexity index is 575. The molecule has 0 atom stereocenters. The van der Waals surface area contributed by atoms with Gasteiger partial charge in [-0.25, -0.2) is 0 Å². The van der Waals surface area contributed by atoms with Crippen molar-refractivity contribution in [3.05, 3.63) is 72.7 Å². The van der Waals surface area contributed by atoms with Crippen molar-refractivity contribution in [2.24, 2.45) is 0 Å². The molecule has 0 N–H and O–H groups in total. The van der Waals surface area contributed by atoms with E-state index in [-0.39, 0.29) is 0 Å². The largest absolute Gasteiger partial charge is 0.378 e. The third-order valence-corrected chi connectivity index (χ3v) is 6.26. The number of rotatable bonds is 6. The highest BCUT2D eigenvalue weighted by molar-refractivity contribution is 7.81. The van der Waals surface area contributed by atoms with Crippen LogP contribution >= 0.6 is 7.14 Å². The van der Waals surface area contributed by atoms with Crippen molar-refractivity contribution in [2.45, 2.75) is 13.8 Å². The van der Waals surface area contributed by atoms with Gasteiger partial charge in [-0.15, -0.1) is 0 Å². The smallest absolute Gasteiger partial charge is 0.165 e. The average molecular weight is 299 g/mol. The molecule has 2 aromatic carbocycles. The van der Waals surface area contributed by atoms with Gasteiger partial charge in [0.25, 0.3) is 0 Å². The molecule has 0 amide bonds. The first kappa shape index (κ1) is 15.6. The second kappa shape index (κ2) is 7.28. The van der Waals surface area contributed by atoms with Gasteiger partial charge in [-0.05, 0) is 19.7 Å². The van der Waals surface area contributed by atoms with E-state index in [0.29, 0.717) is 0 Å². The molecule has 0 bridgehead atoms. The summed E-state index contributed by atoms with van der Waals surface area (Å²) in [5.74, 6) is 1.88. The predicted octanol–water partition coefficient (Wildman–Crippen LogP) is 3.81. The lowest BCUT2D eigenvalue weighted by molar-refractivity contribution is 0.419. The molecule has 0 aliphatic heterocycles. The minimum atomic E-state index is -2.73. The van der Waals surface area contributed by atoms with Crippen LogP contribution in [0.3, 0.4) is 0 Å². The molecular formula is C18H22NOP. The molecule has 0 saturated heterocycles. The fourth-order valence-corrected chi connectivity index (χ4v) is 4.49. The Balaban J connectivity index is 2.48. The van der Waals surface area contributed by atoms with Gasteiger partial charge in [0.05, 0.1) is 0 Å². The highest BCUT2D eigenvalue weighted by Gasteiger charge is 2.23. The van der Waals surface area contributed by atoms with Crippen LogP contribution in [0.25, 0.3) is 0 Å². The van der Waals surface area contributed by atoms with Crippen molar-refractivity contribution in [3.8, 4) is 0 Å². The third kappa shape index (κ3) is 3.65. The molecule has 0 unspecified atom stereocenters. The average Bonchev–Trinajstić information content (AvgIpc) is 2.57. The molecule has 21 heavy (non-hydrogen) atoms. The van der Waals surface area contributed by atoms with E-state index in [1.54, 1.807) is 0 Å². The Hall–Kier alpha value is -1.79. The van der Waals surface area contributed by atoms with Crippen molar-refractivity contribution >= 4 is 17.8 Å². The van der Waals surface area contributed by atoms with Crippen LogP contribution in [0.1, 0.15) is 13.8 Å². The van der Waals surface area contributed by atoms with E-state index >= 15 is 0 Å². The van der Waals surface area contributed by atoms with Gasteiger partial charge in [-0.3, -0.25) is 0 Å². The maximum absolute atomic E-state index is 13.6. The van der Waals surface area contributed by atoms with E-state index in [1.807, 2.05) is 72.7 Å². The molecule has 0 radical (unpaired) electrons. The van der Waals surface area contributed by atoms with Crippen molar-refractivity contribution < 1.29 is 4.57 Å². The molecule has 0 saturated carbocycles. The molecule has 2 rings (SSSR count). The summed E-state index contributed by atoms with van der Waals surface area (Å²) >= 11 is 0. The molecular weight excluding hydrogens is 277 g/mol. The lowest BCUT2D eigenvalue weighted by Gasteiger charge is -2.19. The Labute approximate surface area is 127 Å². The van der Waals surface area contributed by atoms with Gasteiger partial charge in [-0.1, -0.05) is 60.7 Å². The number of nitrogens with zero attached hydrogens (tertiary/aromatic N) is 1. The lowest BCUT2D eigenvalue weighted by atomic mass is 10.4. The zero-order valence-electron chi connectivity index (χ0n) is 12.6. The Morgan fingerprint density at radius 1 is 0.857 bits per heavy atom. The van der Waals surface area contributed by atoms with Crippen LogP contribution in [0, 0.1) is 0 Å². The Morgan fingerprint density at radius 3 is 1.67 bits per heavy atom. The summed E-state index contributed by atoms with van der Waals surface area (Å²) < 4.78 is 13.6. The highest BCUT2D eigenvalue weighted by Crippen LogP contribution is 2.44.